The third-order valence-corrected chi connectivity index (χ3v) is 3.76. The Morgan fingerprint density at radius 1 is 1.00 bits per heavy atom. The van der Waals surface area contributed by atoms with Crippen LogP contribution in [0.15, 0.2) is 47.4 Å². The monoisotopic (exact) mass is 283 g/mol. The van der Waals surface area contributed by atoms with Crippen molar-refractivity contribution in [2.24, 2.45) is 5.73 Å². The maximum absolute atomic E-state index is 13.5. The van der Waals surface area contributed by atoms with E-state index in [1.165, 1.54) is 36.0 Å². The maximum atomic E-state index is 13.5. The lowest BCUT2D eigenvalue weighted by molar-refractivity contribution is 0.493. The molecule has 19 heavy (non-hydrogen) atoms. The molecule has 0 radical (unpaired) electrons. The largest absolute Gasteiger partial charge is 0.323 e. The van der Waals surface area contributed by atoms with Crippen molar-refractivity contribution in [3.8, 4) is 0 Å². The van der Waals surface area contributed by atoms with E-state index in [1.807, 2.05) is 0 Å². The molecule has 5 heteroatoms. The summed E-state index contributed by atoms with van der Waals surface area (Å²) in [5.41, 5.74) is 5.99. The topological polar surface area (TPSA) is 26.0 Å². The predicted octanol–water partition coefficient (Wildman–Crippen LogP) is 3.90. The molecular weight excluding hydrogens is 271 g/mol. The normalized spacial score (nSPS) is 12.4. The van der Waals surface area contributed by atoms with Crippen LogP contribution >= 0.6 is 11.8 Å². The maximum Gasteiger partial charge on any atom is 0.163 e. The number of thioether (sulfide) groups is 1. The van der Waals surface area contributed by atoms with E-state index in [4.69, 9.17) is 5.73 Å². The van der Waals surface area contributed by atoms with Crippen molar-refractivity contribution in [2.75, 3.05) is 5.75 Å². The number of hydrogen-bond acceptors (Lipinski definition) is 2. The van der Waals surface area contributed by atoms with Gasteiger partial charge in [-0.3, -0.25) is 0 Å². The van der Waals surface area contributed by atoms with Crippen molar-refractivity contribution in [1.82, 2.24) is 0 Å². The van der Waals surface area contributed by atoms with Crippen molar-refractivity contribution in [1.29, 1.82) is 0 Å². The smallest absolute Gasteiger partial charge is 0.163 e. The molecular formula is C14H12F3NS. The molecule has 0 aromatic heterocycles. The summed E-state index contributed by atoms with van der Waals surface area (Å²) in [6, 6.07) is 9.26. The van der Waals surface area contributed by atoms with Crippen molar-refractivity contribution >= 4 is 11.8 Å². The molecule has 0 amide bonds. The number of hydrogen-bond donors (Lipinski definition) is 1. The van der Waals surface area contributed by atoms with Crippen molar-refractivity contribution in [3.05, 3.63) is 65.5 Å². The average Bonchev–Trinajstić information content (AvgIpc) is 2.41. The zero-order chi connectivity index (χ0) is 13.8. The van der Waals surface area contributed by atoms with Crippen molar-refractivity contribution in [3.63, 3.8) is 0 Å². The van der Waals surface area contributed by atoms with E-state index in [-0.39, 0.29) is 11.4 Å². The fraction of sp³-hybridized carbons (Fsp3) is 0.143. The van der Waals surface area contributed by atoms with Gasteiger partial charge in [-0.1, -0.05) is 12.1 Å². The minimum atomic E-state index is -0.908. The molecule has 0 fully saturated rings. The molecule has 0 saturated heterocycles. The molecule has 0 spiro atoms. The Morgan fingerprint density at radius 2 is 1.68 bits per heavy atom. The molecule has 2 aromatic carbocycles. The van der Waals surface area contributed by atoms with Gasteiger partial charge in [0.25, 0.3) is 0 Å². The molecule has 1 unspecified atom stereocenters. The van der Waals surface area contributed by atoms with Crippen LogP contribution in [0.2, 0.25) is 0 Å². The van der Waals surface area contributed by atoms with Crippen molar-refractivity contribution < 1.29 is 13.2 Å². The summed E-state index contributed by atoms with van der Waals surface area (Å²) in [5, 5.41) is 0. The third kappa shape index (κ3) is 3.52. The van der Waals surface area contributed by atoms with Gasteiger partial charge in [-0.25, -0.2) is 13.2 Å². The highest BCUT2D eigenvalue weighted by atomic mass is 32.2. The van der Waals surface area contributed by atoms with Crippen LogP contribution in [0.3, 0.4) is 0 Å². The van der Waals surface area contributed by atoms with Crippen LogP contribution in [0.25, 0.3) is 0 Å². The highest BCUT2D eigenvalue weighted by molar-refractivity contribution is 7.99. The van der Waals surface area contributed by atoms with Crippen molar-refractivity contribution in [2.45, 2.75) is 10.9 Å². The Balaban J connectivity index is 2.03. The quantitative estimate of drug-likeness (QED) is 0.861. The zero-order valence-corrected chi connectivity index (χ0v) is 10.8. The first-order valence-electron chi connectivity index (χ1n) is 5.66. The summed E-state index contributed by atoms with van der Waals surface area (Å²) in [5.74, 6) is -1.74. The van der Waals surface area contributed by atoms with Gasteiger partial charge in [-0.15, -0.1) is 11.8 Å². The van der Waals surface area contributed by atoms with E-state index in [0.29, 0.717) is 5.75 Å². The third-order valence-electron chi connectivity index (χ3n) is 2.62. The summed E-state index contributed by atoms with van der Waals surface area (Å²) < 4.78 is 39.3. The predicted molar refractivity (Wildman–Crippen MR) is 70.4 cm³/mol. The van der Waals surface area contributed by atoms with Crippen LogP contribution < -0.4 is 5.73 Å². The Hall–Kier alpha value is -1.46. The van der Waals surface area contributed by atoms with Gasteiger partial charge in [-0.2, -0.15) is 0 Å². The molecule has 0 aliphatic heterocycles. The van der Waals surface area contributed by atoms with Crippen LogP contribution in [0.1, 0.15) is 11.6 Å². The van der Waals surface area contributed by atoms with E-state index in [1.54, 1.807) is 12.1 Å². The second kappa shape index (κ2) is 6.12. The zero-order valence-electron chi connectivity index (χ0n) is 9.95. The fourth-order valence-corrected chi connectivity index (χ4v) is 2.49. The lowest BCUT2D eigenvalue weighted by Gasteiger charge is -2.12. The van der Waals surface area contributed by atoms with Crippen LogP contribution in [-0.4, -0.2) is 5.75 Å². The first-order valence-corrected chi connectivity index (χ1v) is 6.64. The number of nitrogens with two attached hydrogens (primary N) is 1. The molecule has 0 heterocycles. The Labute approximate surface area is 113 Å². The second-order valence-electron chi connectivity index (χ2n) is 4.01. The summed E-state index contributed by atoms with van der Waals surface area (Å²) in [7, 11) is 0. The molecule has 0 aliphatic rings. The lowest BCUT2D eigenvalue weighted by Crippen LogP contribution is -2.15. The summed E-state index contributed by atoms with van der Waals surface area (Å²) in [6.45, 7) is 0. The van der Waals surface area contributed by atoms with E-state index < -0.39 is 17.7 Å². The van der Waals surface area contributed by atoms with E-state index in [9.17, 15) is 13.2 Å². The molecule has 100 valence electrons. The van der Waals surface area contributed by atoms with Gasteiger partial charge < -0.3 is 5.73 Å². The fourth-order valence-electron chi connectivity index (χ4n) is 1.61. The highest BCUT2D eigenvalue weighted by Gasteiger charge is 2.14. The van der Waals surface area contributed by atoms with E-state index in [2.05, 4.69) is 0 Å². The van der Waals surface area contributed by atoms with Gasteiger partial charge >= 0.3 is 0 Å². The first kappa shape index (κ1) is 14.0. The molecule has 1 nitrogen and oxygen atoms in total. The van der Waals surface area contributed by atoms with Crippen LogP contribution in [0.5, 0.6) is 0 Å². The molecule has 2 N–H and O–H groups in total. The summed E-state index contributed by atoms with van der Waals surface area (Å²) >= 11 is 1.37. The second-order valence-corrected chi connectivity index (χ2v) is 5.11. The van der Waals surface area contributed by atoms with Crippen LogP contribution in [0.4, 0.5) is 13.2 Å². The number of benzene rings is 2. The van der Waals surface area contributed by atoms with Gasteiger partial charge in [0, 0.05) is 22.3 Å². The number of rotatable bonds is 4. The lowest BCUT2D eigenvalue weighted by atomic mass is 10.1. The van der Waals surface area contributed by atoms with E-state index in [0.717, 1.165) is 11.0 Å². The standard InChI is InChI=1S/C14H12F3NS/c15-9-4-6-10(7-5-9)19-8-13(18)11-2-1-3-12(16)14(11)17/h1-7,13H,8,18H2. The molecule has 1 atom stereocenters. The van der Waals surface area contributed by atoms with Crippen LogP contribution in [-0.2, 0) is 0 Å². The Bertz CT molecular complexity index is 557. The van der Waals surface area contributed by atoms with E-state index >= 15 is 0 Å². The molecule has 0 bridgehead atoms. The minimum Gasteiger partial charge on any atom is -0.323 e. The minimum absolute atomic E-state index is 0.148. The summed E-state index contributed by atoms with van der Waals surface area (Å²) in [6.07, 6.45) is 0. The van der Waals surface area contributed by atoms with Crippen LogP contribution in [0, 0.1) is 17.5 Å². The van der Waals surface area contributed by atoms with Gasteiger partial charge in [0.2, 0.25) is 0 Å². The molecule has 0 saturated carbocycles. The van der Waals surface area contributed by atoms with Gasteiger partial charge in [0.05, 0.1) is 0 Å². The number of halogens is 3. The van der Waals surface area contributed by atoms with Gasteiger partial charge in [0.1, 0.15) is 5.82 Å². The average molecular weight is 283 g/mol. The molecule has 0 aliphatic carbocycles. The van der Waals surface area contributed by atoms with Gasteiger partial charge in [0.15, 0.2) is 11.6 Å². The Kier molecular flexibility index (Phi) is 4.50. The summed E-state index contributed by atoms with van der Waals surface area (Å²) in [4.78, 5) is 0.827. The molecule has 2 aromatic rings. The molecule has 2 rings (SSSR count). The SMILES string of the molecule is NC(CSc1ccc(F)cc1)c1cccc(F)c1F. The Morgan fingerprint density at radius 3 is 2.37 bits per heavy atom. The first-order chi connectivity index (χ1) is 9.08. The highest BCUT2D eigenvalue weighted by Crippen LogP contribution is 2.25. The van der Waals surface area contributed by atoms with Gasteiger partial charge in [-0.05, 0) is 30.3 Å².